The molecule has 0 spiro atoms. The van der Waals surface area contributed by atoms with Gasteiger partial charge in [0.2, 0.25) is 5.83 Å². The van der Waals surface area contributed by atoms with Gasteiger partial charge >= 0.3 is 158 Å². The quantitative estimate of drug-likeness (QED) is 0.0287. The summed E-state index contributed by atoms with van der Waals surface area (Å²) in [6, 6.07) is 0. The van der Waals surface area contributed by atoms with Crippen molar-refractivity contribution < 1.29 is 268 Å². The zero-order valence-electron chi connectivity index (χ0n) is 58.8. The van der Waals surface area contributed by atoms with Crippen molar-refractivity contribution in [3.05, 3.63) is 34.9 Å². The van der Waals surface area contributed by atoms with Crippen molar-refractivity contribution >= 4 is 106 Å². The lowest BCUT2D eigenvalue weighted by Gasteiger charge is -2.49. The normalized spacial score (nSPS) is 15.0. The Hall–Kier alpha value is -2.48. The van der Waals surface area contributed by atoms with Crippen molar-refractivity contribution in [2.75, 3.05) is 66.1 Å². The Bertz CT molecular complexity index is 3260. The Labute approximate surface area is 660 Å². The van der Waals surface area contributed by atoms with Gasteiger partial charge in [0, 0.05) is 66.1 Å². The van der Waals surface area contributed by atoms with Crippen molar-refractivity contribution in [3.8, 4) is 0 Å². The van der Waals surface area contributed by atoms with Crippen molar-refractivity contribution in [2.45, 2.75) is 187 Å². The van der Waals surface area contributed by atoms with Crippen LogP contribution in [0, 0.1) is 23.3 Å². The number of rotatable bonds is 34. The molecule has 1 rings (SSSR count). The summed E-state index contributed by atoms with van der Waals surface area (Å²) in [5.74, 6) is -72.5. The summed E-state index contributed by atoms with van der Waals surface area (Å²) in [6.07, 6.45) is -60.4. The van der Waals surface area contributed by atoms with Crippen LogP contribution in [-0.2, 0) is 44.3 Å². The SMILES string of the molecule is CCO[Si](Cl)(OCC)C(C(F)(F)F)(C(F)(F)F)C(F)(F)C(F)(F)C(F)(F)F.CCO[Si](Cl)(OCC)C(C(F)(F)F)(C(F)(F)F)C(F)(F)F.CCO[Si](Cl)(OCC)C(F)(F)C(F)(F)C(F)(F)C(F)(F)C(F)(F)C(F)(F)F.CCO[Si](Cl)(OCC)C(F)(F)C(F)(F)C(F)(F)C(F)(F)F.CCO[Si](Cl)(OCC)c1c(F)c(F)c(C(F)=C(F)F)c(F)c1F. The van der Waals surface area contributed by atoms with Gasteiger partial charge in [0.1, 0.15) is 0 Å². The molecule has 0 N–H and O–H groups in total. The highest BCUT2D eigenvalue weighted by Crippen LogP contribution is 2.76. The maximum absolute atomic E-state index is 14.0. The molecule has 0 aliphatic rings. The van der Waals surface area contributed by atoms with Gasteiger partial charge in [0.05, 0.1) is 10.8 Å². The minimum absolute atomic E-state index is 0.215. The van der Waals surface area contributed by atoms with Gasteiger partial charge in [0.25, 0.3) is 5.04 Å². The largest absolute Gasteiger partial charge is 0.524 e. The average molecular weight is 2070 g/mol. The van der Waals surface area contributed by atoms with Gasteiger partial charge in [-0.25, -0.2) is 22.0 Å². The van der Waals surface area contributed by atoms with E-state index in [4.69, 9.17) is 64.2 Å². The van der Waals surface area contributed by atoms with Crippen LogP contribution < -0.4 is 5.19 Å². The predicted octanol–water partition coefficient (Wildman–Crippen LogP) is 24.6. The molecule has 0 fully saturated rings. The first-order valence-electron chi connectivity index (χ1n) is 29.8. The summed E-state index contributed by atoms with van der Waals surface area (Å²) in [5, 5.41) is -14.9. The third-order valence-corrected chi connectivity index (χ3v) is 33.6. The Morgan fingerprint density at radius 3 is 0.597 bits per heavy atom. The van der Waals surface area contributed by atoms with Crippen molar-refractivity contribution in [3.63, 3.8) is 0 Å². The van der Waals surface area contributed by atoms with Gasteiger partial charge in [-0.2, -0.15) is 202 Å². The molecule has 0 radical (unpaired) electrons. The first kappa shape index (κ1) is 123. The van der Waals surface area contributed by atoms with E-state index in [9.17, 15) is 224 Å². The van der Waals surface area contributed by atoms with E-state index in [2.05, 4.69) is 35.4 Å². The van der Waals surface area contributed by atoms with E-state index < -0.39 is 256 Å². The summed E-state index contributed by atoms with van der Waals surface area (Å²) in [4.78, 5) is 0. The Morgan fingerprint density at radius 2 is 0.403 bits per heavy atom. The van der Waals surface area contributed by atoms with Crippen LogP contribution in [0.25, 0.3) is 5.83 Å². The fourth-order valence-electron chi connectivity index (χ4n) is 8.15. The molecule has 0 saturated heterocycles. The first-order valence-corrected chi connectivity index (χ1v) is 44.0. The van der Waals surface area contributed by atoms with E-state index in [0.717, 1.165) is 41.5 Å². The van der Waals surface area contributed by atoms with Crippen LogP contribution in [0.5, 0.6) is 0 Å². The molecule has 0 bridgehead atoms. The molecular weight excluding hydrogens is 2020 g/mol. The molecule has 714 valence electrons. The number of benzene rings is 1. The summed E-state index contributed by atoms with van der Waals surface area (Å²) >= 11 is 25.8. The molecule has 1 aromatic rings. The third kappa shape index (κ3) is 22.8. The minimum Gasteiger partial charge on any atom is -0.382 e. The smallest absolute Gasteiger partial charge is 0.382 e. The molecule has 0 aliphatic heterocycles. The number of hydrogen-bond donors (Lipinski definition) is 0. The van der Waals surface area contributed by atoms with E-state index >= 15 is 0 Å². The molecule has 0 amide bonds. The first-order chi connectivity index (χ1) is 52.1. The summed E-state index contributed by atoms with van der Waals surface area (Å²) in [7, 11) is -30.2. The second-order valence-corrected chi connectivity index (χ2v) is 39.8. The van der Waals surface area contributed by atoms with Crippen LogP contribution in [0.1, 0.15) is 74.8 Å². The van der Waals surface area contributed by atoms with Crippen LogP contribution >= 0.6 is 55.4 Å². The molecule has 0 aliphatic carbocycles. The molecule has 119 heavy (non-hydrogen) atoms. The van der Waals surface area contributed by atoms with Crippen LogP contribution in [0.3, 0.4) is 0 Å². The van der Waals surface area contributed by atoms with E-state index in [-0.39, 0.29) is 13.2 Å². The zero-order chi connectivity index (χ0) is 97.3. The fraction of sp³-hybridized carbons (Fsp3) is 0.833. The standard InChI is InChI=1S/C12H10ClF7O2Si.2C10H10ClF13O2Si.2C8H10ClF9O2Si/c1-3-21-23(13,22-4-2)11-9(17)6(14)5(7(15)10(11)18)8(16)12(19)20;1-3-25-27(11,26-4-2)5(8(16,17)18,9(19,20)21)6(12,13)7(14,15)10(22,23)24;1-3-25-27(11,26-4-2)10(23,24)8(18,19)6(14,15)5(12,13)7(16,17)9(20,21)22;1-3-19-21(9,20-4-2)8(17,18)6(12,13)5(10,11)7(14,15)16;1-3-19-21(9,20-4-2)5(6(10,11)12,7(13,14)15)8(16,17)18/h3-4H2,1-2H3;2*3-4H2,1-2H3;2*3-4H2,1-2H3. The van der Waals surface area contributed by atoms with Crippen LogP contribution in [0.15, 0.2) is 6.08 Å². The Balaban J connectivity index is -0.000000697. The van der Waals surface area contributed by atoms with Crippen LogP contribution in [-0.4, -0.2) is 213 Å². The molecule has 10 nitrogen and oxygen atoms in total. The topological polar surface area (TPSA) is 92.3 Å². The monoisotopic (exact) mass is 2070 g/mol. The lowest BCUT2D eigenvalue weighted by Crippen LogP contribution is -2.75. The molecular formula is C48H50Cl5F51O10Si5. The molecule has 0 saturated carbocycles. The lowest BCUT2D eigenvalue weighted by molar-refractivity contribution is -0.435. The third-order valence-electron chi connectivity index (χ3n) is 13.3. The highest BCUT2D eigenvalue weighted by Gasteiger charge is 3.01. The maximum Gasteiger partial charge on any atom is 0.524 e. The van der Waals surface area contributed by atoms with Crippen molar-refractivity contribution in [2.24, 2.45) is 0 Å². The van der Waals surface area contributed by atoms with Gasteiger partial charge in [-0.3, -0.25) is 0 Å². The molecule has 0 atom stereocenters. The van der Waals surface area contributed by atoms with E-state index in [1.165, 1.54) is 13.8 Å². The van der Waals surface area contributed by atoms with Crippen LogP contribution in [0.4, 0.5) is 224 Å². The molecule has 71 heteroatoms. The van der Waals surface area contributed by atoms with Crippen molar-refractivity contribution in [1.29, 1.82) is 0 Å². The van der Waals surface area contributed by atoms with Crippen LogP contribution in [0.2, 0.25) is 10.1 Å². The van der Waals surface area contributed by atoms with E-state index in [0.29, 0.717) is 13.8 Å². The van der Waals surface area contributed by atoms with Gasteiger partial charge < -0.3 is 44.3 Å². The second kappa shape index (κ2) is 41.3. The number of hydrogen-bond acceptors (Lipinski definition) is 10. The zero-order valence-corrected chi connectivity index (χ0v) is 67.6. The highest BCUT2D eigenvalue weighted by molar-refractivity contribution is 7.20. The summed E-state index contributed by atoms with van der Waals surface area (Å²) in [6.45, 7) is 1.12. The van der Waals surface area contributed by atoms with Gasteiger partial charge in [-0.15, -0.1) is 0 Å². The summed E-state index contributed by atoms with van der Waals surface area (Å²) < 4.78 is 706. The second-order valence-electron chi connectivity index (χ2n) is 20.8. The fourth-order valence-corrected chi connectivity index (χ4v) is 24.6. The average Bonchev–Trinajstić information content (AvgIpc) is 0.666. The number of halogens is 56. The van der Waals surface area contributed by atoms with Gasteiger partial charge in [-0.05, 0) is 69.2 Å². The van der Waals surface area contributed by atoms with Gasteiger partial charge in [0.15, 0.2) is 23.3 Å². The maximum atomic E-state index is 14.0. The highest BCUT2D eigenvalue weighted by atomic mass is 35.6. The van der Waals surface area contributed by atoms with Crippen molar-refractivity contribution in [1.82, 2.24) is 0 Å². The lowest BCUT2D eigenvalue weighted by atomic mass is 9.92. The molecule has 0 aromatic heterocycles. The molecule has 1 aromatic carbocycles. The minimum atomic E-state index is -7.99. The molecule has 0 unspecified atom stereocenters. The predicted molar refractivity (Wildman–Crippen MR) is 314 cm³/mol. The Morgan fingerprint density at radius 1 is 0.227 bits per heavy atom. The summed E-state index contributed by atoms with van der Waals surface area (Å²) in [5.41, 5.74) is -14.8. The van der Waals surface area contributed by atoms with E-state index in [1.807, 2.05) is 0 Å². The molecule has 0 heterocycles. The Kier molecular flexibility index (Phi) is 42.6. The number of alkyl halides is 44. The van der Waals surface area contributed by atoms with Gasteiger partial charge in [-0.1, -0.05) is 55.4 Å². The van der Waals surface area contributed by atoms with E-state index in [1.54, 1.807) is 0 Å².